The summed E-state index contributed by atoms with van der Waals surface area (Å²) in [6.45, 7) is 12.5. The van der Waals surface area contributed by atoms with Crippen LogP contribution in [0.2, 0.25) is 0 Å². The number of morpholine rings is 1. The number of ether oxygens (including phenoxy) is 1. The number of nitrogens with zero attached hydrogens (tertiary/aromatic N) is 2. The Kier molecular flexibility index (Phi) is 5.98. The van der Waals surface area contributed by atoms with E-state index >= 15 is 0 Å². The maximum atomic E-state index is 14.4. The number of amides is 1. The van der Waals surface area contributed by atoms with E-state index in [0.717, 1.165) is 36.1 Å². The Bertz CT molecular complexity index is 910. The van der Waals surface area contributed by atoms with Crippen LogP contribution in [0.5, 0.6) is 0 Å². The molecule has 3 rings (SSSR count). The van der Waals surface area contributed by atoms with Gasteiger partial charge in [-0.05, 0) is 40.7 Å². The van der Waals surface area contributed by atoms with Crippen molar-refractivity contribution < 1.29 is 18.3 Å². The largest absolute Gasteiger partial charge is 0.378 e. The van der Waals surface area contributed by atoms with E-state index in [1.807, 2.05) is 39.2 Å². The third-order valence-electron chi connectivity index (χ3n) is 5.10. The summed E-state index contributed by atoms with van der Waals surface area (Å²) in [6.07, 6.45) is 0. The number of carbonyl (C=O) groups excluding carboxylic acids is 1. The fraction of sp³-hybridized carbons (Fsp3) is 0.500. The van der Waals surface area contributed by atoms with Crippen molar-refractivity contribution in [2.45, 2.75) is 46.7 Å². The zero-order chi connectivity index (χ0) is 21.3. The molecule has 7 heteroatoms. The van der Waals surface area contributed by atoms with Crippen LogP contribution in [0.25, 0.3) is 0 Å². The monoisotopic (exact) mass is 405 g/mol. The molecule has 0 atom stereocenters. The maximum Gasteiger partial charge on any atom is 0.268 e. The molecule has 29 heavy (non-hydrogen) atoms. The first-order valence-corrected chi connectivity index (χ1v) is 9.87. The van der Waals surface area contributed by atoms with Crippen molar-refractivity contribution in [3.8, 4) is 0 Å². The zero-order valence-electron chi connectivity index (χ0n) is 17.7. The molecule has 5 nitrogen and oxygen atoms in total. The summed E-state index contributed by atoms with van der Waals surface area (Å²) in [4.78, 5) is 15.4. The summed E-state index contributed by atoms with van der Waals surface area (Å²) in [5.41, 5.74) is 3.15. The number of hydrogen-bond acceptors (Lipinski definition) is 3. The first-order valence-electron chi connectivity index (χ1n) is 9.87. The molecule has 158 valence electrons. The third-order valence-corrected chi connectivity index (χ3v) is 5.10. The maximum absolute atomic E-state index is 14.4. The van der Waals surface area contributed by atoms with Crippen LogP contribution in [0.15, 0.2) is 18.2 Å². The van der Waals surface area contributed by atoms with Gasteiger partial charge in [0.05, 0.1) is 25.4 Å². The standard InChI is InChI=1S/C22H29F2N3O2/c1-14-19(26-8-10-29-11-9-26)15(2)27(20(14)21(28)25-22(3,4)5)13-16-6-7-17(23)12-18(16)24/h6-7,12H,8-11,13H2,1-5H3,(H,25,28). The second-order valence-corrected chi connectivity index (χ2v) is 8.53. The minimum absolute atomic E-state index is 0.149. The van der Waals surface area contributed by atoms with Crippen molar-refractivity contribution in [1.29, 1.82) is 0 Å². The van der Waals surface area contributed by atoms with Gasteiger partial charge in [0.25, 0.3) is 5.91 Å². The number of anilines is 1. The molecular formula is C22H29F2N3O2. The summed E-state index contributed by atoms with van der Waals surface area (Å²) < 4.78 is 35.0. The fourth-order valence-electron chi connectivity index (χ4n) is 3.84. The summed E-state index contributed by atoms with van der Waals surface area (Å²) in [5.74, 6) is -1.45. The van der Waals surface area contributed by atoms with Gasteiger partial charge in [0.2, 0.25) is 0 Å². The van der Waals surface area contributed by atoms with E-state index in [2.05, 4.69) is 10.2 Å². The molecule has 0 radical (unpaired) electrons. The van der Waals surface area contributed by atoms with E-state index in [4.69, 9.17) is 4.74 Å². The van der Waals surface area contributed by atoms with Crippen molar-refractivity contribution in [3.63, 3.8) is 0 Å². The Balaban J connectivity index is 2.09. The van der Waals surface area contributed by atoms with Gasteiger partial charge >= 0.3 is 0 Å². The lowest BCUT2D eigenvalue weighted by Gasteiger charge is -2.29. The van der Waals surface area contributed by atoms with Crippen LogP contribution in [0.4, 0.5) is 14.5 Å². The zero-order valence-corrected chi connectivity index (χ0v) is 17.7. The highest BCUT2D eigenvalue weighted by molar-refractivity contribution is 5.97. The number of rotatable bonds is 4. The number of nitrogens with one attached hydrogen (secondary N) is 1. The number of aromatic nitrogens is 1. The molecule has 1 N–H and O–H groups in total. The van der Waals surface area contributed by atoms with E-state index in [1.165, 1.54) is 12.1 Å². The van der Waals surface area contributed by atoms with Crippen LogP contribution in [0.3, 0.4) is 0 Å². The van der Waals surface area contributed by atoms with Gasteiger partial charge in [-0.3, -0.25) is 4.79 Å². The van der Waals surface area contributed by atoms with Crippen molar-refractivity contribution in [1.82, 2.24) is 9.88 Å². The lowest BCUT2D eigenvalue weighted by Crippen LogP contribution is -2.41. The van der Waals surface area contributed by atoms with Gasteiger partial charge in [-0.15, -0.1) is 0 Å². The first-order chi connectivity index (χ1) is 13.6. The first kappa shape index (κ1) is 21.3. The van der Waals surface area contributed by atoms with Crippen LogP contribution in [-0.4, -0.2) is 42.3 Å². The Labute approximate surface area is 170 Å². The van der Waals surface area contributed by atoms with Gasteiger partial charge in [-0.2, -0.15) is 0 Å². The molecule has 0 bridgehead atoms. The molecule has 0 aliphatic carbocycles. The molecule has 0 saturated carbocycles. The summed E-state index contributed by atoms with van der Waals surface area (Å²) in [7, 11) is 0. The average molecular weight is 405 g/mol. The molecule has 1 saturated heterocycles. The Morgan fingerprint density at radius 2 is 1.83 bits per heavy atom. The average Bonchev–Trinajstić information content (AvgIpc) is 2.87. The highest BCUT2D eigenvalue weighted by Crippen LogP contribution is 2.32. The van der Waals surface area contributed by atoms with Crippen LogP contribution in [0.1, 0.15) is 48.1 Å². The van der Waals surface area contributed by atoms with Crippen molar-refractivity contribution in [2.24, 2.45) is 0 Å². The summed E-state index contributed by atoms with van der Waals surface area (Å²) >= 11 is 0. The summed E-state index contributed by atoms with van der Waals surface area (Å²) in [5, 5.41) is 3.01. The van der Waals surface area contributed by atoms with E-state index in [1.54, 1.807) is 0 Å². The molecule has 2 aromatic rings. The fourth-order valence-corrected chi connectivity index (χ4v) is 3.84. The van der Waals surface area contributed by atoms with Crippen molar-refractivity contribution in [3.05, 3.63) is 52.3 Å². The molecule has 1 aromatic heterocycles. The second-order valence-electron chi connectivity index (χ2n) is 8.53. The molecule has 1 fully saturated rings. The number of carbonyl (C=O) groups is 1. The van der Waals surface area contributed by atoms with Gasteiger partial charge < -0.3 is 19.5 Å². The minimum Gasteiger partial charge on any atom is -0.378 e. The molecule has 2 heterocycles. The minimum atomic E-state index is -0.620. The quantitative estimate of drug-likeness (QED) is 0.842. The highest BCUT2D eigenvalue weighted by atomic mass is 19.1. The predicted molar refractivity (Wildman–Crippen MR) is 110 cm³/mol. The highest BCUT2D eigenvalue weighted by Gasteiger charge is 2.28. The van der Waals surface area contributed by atoms with Gasteiger partial charge in [0.15, 0.2) is 0 Å². The van der Waals surface area contributed by atoms with Crippen LogP contribution < -0.4 is 10.2 Å². The molecule has 1 aliphatic heterocycles. The predicted octanol–water partition coefficient (Wildman–Crippen LogP) is 3.80. The smallest absolute Gasteiger partial charge is 0.268 e. The topological polar surface area (TPSA) is 46.5 Å². The van der Waals surface area contributed by atoms with E-state index in [9.17, 15) is 13.6 Å². The van der Waals surface area contributed by atoms with Crippen LogP contribution >= 0.6 is 0 Å². The van der Waals surface area contributed by atoms with Crippen LogP contribution in [0, 0.1) is 25.5 Å². The van der Waals surface area contributed by atoms with Gasteiger partial charge in [0.1, 0.15) is 17.3 Å². The van der Waals surface area contributed by atoms with E-state index < -0.39 is 17.2 Å². The van der Waals surface area contributed by atoms with Gasteiger partial charge in [0, 0.05) is 41.5 Å². The van der Waals surface area contributed by atoms with E-state index in [-0.39, 0.29) is 12.5 Å². The molecule has 0 spiro atoms. The molecule has 1 aliphatic rings. The van der Waals surface area contributed by atoms with E-state index in [0.29, 0.717) is 24.5 Å². The molecule has 1 aromatic carbocycles. The molecule has 1 amide bonds. The number of halogens is 2. The molecule has 0 unspecified atom stereocenters. The summed E-state index contributed by atoms with van der Waals surface area (Å²) in [6, 6.07) is 3.54. The van der Waals surface area contributed by atoms with Crippen molar-refractivity contribution >= 4 is 11.6 Å². The third kappa shape index (κ3) is 4.61. The van der Waals surface area contributed by atoms with Gasteiger partial charge in [-0.25, -0.2) is 8.78 Å². The number of benzene rings is 1. The van der Waals surface area contributed by atoms with Gasteiger partial charge in [-0.1, -0.05) is 6.07 Å². The lowest BCUT2D eigenvalue weighted by atomic mass is 10.1. The number of hydrogen-bond donors (Lipinski definition) is 1. The molecular weight excluding hydrogens is 376 g/mol. The Morgan fingerprint density at radius 3 is 2.41 bits per heavy atom. The Morgan fingerprint density at radius 1 is 1.17 bits per heavy atom. The lowest BCUT2D eigenvalue weighted by molar-refractivity contribution is 0.0909. The van der Waals surface area contributed by atoms with Crippen LogP contribution in [-0.2, 0) is 11.3 Å². The second kappa shape index (κ2) is 8.14. The SMILES string of the molecule is Cc1c(N2CCOCC2)c(C)n(Cc2ccc(F)cc2F)c1C(=O)NC(C)(C)C. The normalized spacial score (nSPS) is 14.9. The Hall–Kier alpha value is -2.41. The van der Waals surface area contributed by atoms with Crippen molar-refractivity contribution in [2.75, 3.05) is 31.2 Å².